The molecule has 4 aromatic carbocycles. The van der Waals surface area contributed by atoms with Crippen LogP contribution >= 0.6 is 0 Å². The number of hydroxylamine groups is 2. The molecular formula is C30H31NO. The van der Waals surface area contributed by atoms with Gasteiger partial charge in [-0.05, 0) is 29.2 Å². The molecule has 3 atom stereocenters. The van der Waals surface area contributed by atoms with Gasteiger partial charge in [0.15, 0.2) is 0 Å². The van der Waals surface area contributed by atoms with E-state index in [0.717, 1.165) is 0 Å². The number of benzene rings is 4. The molecule has 4 rings (SSSR count). The molecule has 0 aliphatic rings. The third kappa shape index (κ3) is 5.53. The van der Waals surface area contributed by atoms with Gasteiger partial charge in [0, 0.05) is 12.5 Å². The first-order valence-corrected chi connectivity index (χ1v) is 11.3. The van der Waals surface area contributed by atoms with E-state index in [0.29, 0.717) is 6.54 Å². The lowest BCUT2D eigenvalue weighted by molar-refractivity contribution is -0.232. The Morgan fingerprint density at radius 1 is 0.562 bits per heavy atom. The van der Waals surface area contributed by atoms with Crippen LogP contribution in [0.4, 0.5) is 0 Å². The molecule has 0 saturated carbocycles. The van der Waals surface area contributed by atoms with Gasteiger partial charge in [0.05, 0.1) is 6.04 Å². The van der Waals surface area contributed by atoms with E-state index >= 15 is 0 Å². The number of rotatable bonds is 9. The molecule has 0 saturated heterocycles. The monoisotopic (exact) mass is 421 g/mol. The molecule has 0 aromatic heterocycles. The van der Waals surface area contributed by atoms with Crippen LogP contribution in [0.25, 0.3) is 0 Å². The standard InChI is InChI=1S/C30H31NO/c1-24(27-17-9-4-10-18-27)30(29-21-13-6-14-22-29)31(23-26-15-7-3-8-16-26)32-25(2)28-19-11-5-12-20-28/h3-22,24-25,30H,23H2,1-2H3. The van der Waals surface area contributed by atoms with Crippen LogP contribution in [-0.2, 0) is 11.4 Å². The van der Waals surface area contributed by atoms with Crippen LogP contribution in [0.15, 0.2) is 121 Å². The van der Waals surface area contributed by atoms with Gasteiger partial charge >= 0.3 is 0 Å². The molecule has 0 bridgehead atoms. The first-order chi connectivity index (χ1) is 15.7. The summed E-state index contributed by atoms with van der Waals surface area (Å²) in [4.78, 5) is 6.73. The van der Waals surface area contributed by atoms with Crippen LogP contribution in [0.1, 0.15) is 54.2 Å². The lowest BCUT2D eigenvalue weighted by Crippen LogP contribution is -2.33. The molecule has 2 nitrogen and oxygen atoms in total. The zero-order valence-electron chi connectivity index (χ0n) is 18.8. The summed E-state index contributed by atoms with van der Waals surface area (Å²) in [6, 6.07) is 42.5. The fourth-order valence-electron chi connectivity index (χ4n) is 4.25. The SMILES string of the molecule is CC(ON(Cc1ccccc1)C(c1ccccc1)C(C)c1ccccc1)c1ccccc1. The van der Waals surface area contributed by atoms with Crippen molar-refractivity contribution in [3.63, 3.8) is 0 Å². The Morgan fingerprint density at radius 3 is 1.53 bits per heavy atom. The minimum absolute atomic E-state index is 0.0602. The first kappa shape index (κ1) is 22.0. The second kappa shape index (κ2) is 10.9. The quantitative estimate of drug-likeness (QED) is 0.256. The van der Waals surface area contributed by atoms with E-state index in [2.05, 4.69) is 134 Å². The summed E-state index contributed by atoms with van der Waals surface area (Å²) in [5.74, 6) is 0.241. The van der Waals surface area contributed by atoms with Crippen molar-refractivity contribution < 1.29 is 4.84 Å². The van der Waals surface area contributed by atoms with E-state index in [1.807, 2.05) is 6.07 Å². The Kier molecular flexibility index (Phi) is 7.50. The summed E-state index contributed by atoms with van der Waals surface area (Å²) in [5, 5.41) is 2.18. The Balaban J connectivity index is 1.73. The summed E-state index contributed by atoms with van der Waals surface area (Å²) in [7, 11) is 0. The third-order valence-electron chi connectivity index (χ3n) is 5.99. The van der Waals surface area contributed by atoms with Gasteiger partial charge in [-0.25, -0.2) is 0 Å². The molecular weight excluding hydrogens is 390 g/mol. The predicted molar refractivity (Wildman–Crippen MR) is 132 cm³/mol. The normalized spacial score (nSPS) is 14.1. The number of hydrogen-bond donors (Lipinski definition) is 0. The van der Waals surface area contributed by atoms with Crippen molar-refractivity contribution in [2.45, 2.75) is 38.5 Å². The van der Waals surface area contributed by atoms with Crippen molar-refractivity contribution >= 4 is 0 Å². The van der Waals surface area contributed by atoms with E-state index in [1.165, 1.54) is 22.3 Å². The van der Waals surface area contributed by atoms with Gasteiger partial charge in [0.2, 0.25) is 0 Å². The van der Waals surface area contributed by atoms with Crippen molar-refractivity contribution in [3.05, 3.63) is 144 Å². The third-order valence-corrected chi connectivity index (χ3v) is 5.99. The van der Waals surface area contributed by atoms with Gasteiger partial charge in [-0.1, -0.05) is 128 Å². The molecule has 3 unspecified atom stereocenters. The van der Waals surface area contributed by atoms with Gasteiger partial charge in [0.25, 0.3) is 0 Å². The molecule has 4 aromatic rings. The van der Waals surface area contributed by atoms with Gasteiger partial charge in [-0.3, -0.25) is 4.84 Å². The summed E-state index contributed by atoms with van der Waals surface area (Å²) >= 11 is 0. The predicted octanol–water partition coefficient (Wildman–Crippen LogP) is 7.73. The average Bonchev–Trinajstić information content (AvgIpc) is 2.86. The summed E-state index contributed by atoms with van der Waals surface area (Å²) in [5.41, 5.74) is 4.95. The molecule has 0 N–H and O–H groups in total. The Labute approximate surface area is 192 Å². The summed E-state index contributed by atoms with van der Waals surface area (Å²) < 4.78 is 0. The smallest absolute Gasteiger partial charge is 0.101 e. The molecule has 0 aliphatic carbocycles. The maximum absolute atomic E-state index is 6.73. The molecule has 162 valence electrons. The molecule has 0 radical (unpaired) electrons. The van der Waals surface area contributed by atoms with Crippen LogP contribution in [0.3, 0.4) is 0 Å². The second-order valence-electron chi connectivity index (χ2n) is 8.27. The summed E-state index contributed by atoms with van der Waals surface area (Å²) in [6.45, 7) is 5.12. The molecule has 0 aliphatic heterocycles. The second-order valence-corrected chi connectivity index (χ2v) is 8.27. The lowest BCUT2D eigenvalue weighted by atomic mass is 9.88. The van der Waals surface area contributed by atoms with E-state index in [1.54, 1.807) is 0 Å². The van der Waals surface area contributed by atoms with Crippen molar-refractivity contribution in [1.82, 2.24) is 5.06 Å². The van der Waals surface area contributed by atoms with E-state index in [4.69, 9.17) is 4.84 Å². The van der Waals surface area contributed by atoms with Crippen LogP contribution < -0.4 is 0 Å². The highest BCUT2D eigenvalue weighted by Gasteiger charge is 2.30. The van der Waals surface area contributed by atoms with Gasteiger partial charge in [-0.2, -0.15) is 5.06 Å². The summed E-state index contributed by atoms with van der Waals surface area (Å²) in [6.07, 6.45) is -0.0610. The Hall–Kier alpha value is -3.20. The van der Waals surface area contributed by atoms with Crippen molar-refractivity contribution in [1.29, 1.82) is 0 Å². The fraction of sp³-hybridized carbons (Fsp3) is 0.200. The van der Waals surface area contributed by atoms with Crippen LogP contribution in [-0.4, -0.2) is 5.06 Å². The average molecular weight is 422 g/mol. The maximum atomic E-state index is 6.73. The minimum atomic E-state index is -0.0610. The molecule has 0 spiro atoms. The van der Waals surface area contributed by atoms with Gasteiger partial charge in [0.1, 0.15) is 6.10 Å². The largest absolute Gasteiger partial charge is 0.290 e. The lowest BCUT2D eigenvalue weighted by Gasteiger charge is -2.37. The molecule has 32 heavy (non-hydrogen) atoms. The van der Waals surface area contributed by atoms with Crippen LogP contribution in [0.2, 0.25) is 0 Å². The van der Waals surface area contributed by atoms with E-state index in [9.17, 15) is 0 Å². The fourth-order valence-corrected chi connectivity index (χ4v) is 4.25. The number of nitrogens with zero attached hydrogens (tertiary/aromatic N) is 1. The van der Waals surface area contributed by atoms with Gasteiger partial charge < -0.3 is 0 Å². The topological polar surface area (TPSA) is 12.5 Å². The van der Waals surface area contributed by atoms with E-state index < -0.39 is 0 Å². The van der Waals surface area contributed by atoms with Crippen LogP contribution in [0, 0.1) is 0 Å². The Morgan fingerprint density at radius 2 is 1.00 bits per heavy atom. The van der Waals surface area contributed by atoms with Gasteiger partial charge in [-0.15, -0.1) is 0 Å². The minimum Gasteiger partial charge on any atom is -0.290 e. The highest BCUT2D eigenvalue weighted by atomic mass is 16.7. The first-order valence-electron chi connectivity index (χ1n) is 11.3. The zero-order chi connectivity index (χ0) is 22.2. The molecule has 0 fully saturated rings. The van der Waals surface area contributed by atoms with Crippen molar-refractivity contribution in [3.8, 4) is 0 Å². The van der Waals surface area contributed by atoms with Crippen LogP contribution in [0.5, 0.6) is 0 Å². The van der Waals surface area contributed by atoms with Crippen molar-refractivity contribution in [2.24, 2.45) is 0 Å². The van der Waals surface area contributed by atoms with E-state index in [-0.39, 0.29) is 18.1 Å². The maximum Gasteiger partial charge on any atom is 0.101 e. The molecule has 2 heteroatoms. The van der Waals surface area contributed by atoms with Crippen molar-refractivity contribution in [2.75, 3.05) is 0 Å². The molecule has 0 heterocycles. The highest BCUT2D eigenvalue weighted by Crippen LogP contribution is 2.38. The molecule has 0 amide bonds. The number of hydrogen-bond acceptors (Lipinski definition) is 2. The Bertz CT molecular complexity index is 1050. The highest BCUT2D eigenvalue weighted by molar-refractivity contribution is 5.28. The zero-order valence-corrected chi connectivity index (χ0v) is 18.8.